The summed E-state index contributed by atoms with van der Waals surface area (Å²) in [7, 11) is 1.92. The Kier molecular flexibility index (Phi) is 5.88. The molecule has 1 N–H and O–H groups in total. The fourth-order valence-corrected chi connectivity index (χ4v) is 10.0. The van der Waals surface area contributed by atoms with E-state index in [0.29, 0.717) is 18.4 Å². The standard InChI is InChI=1S/C33H42O5/c1-21-6-4-5-7-24(21)20-36-16-11-25-19-31-13-14-33(25,35-3)30-32(31)12-10-22(2)26(31)18-23-8-9-27(37-17-15-34)29(38-30)28(23)32/h4-9,22,25-26,30,34H,10-20H2,1-3H3. The molecule has 38 heavy (non-hydrogen) atoms. The predicted molar refractivity (Wildman–Crippen MR) is 146 cm³/mol. The molecule has 8 rings (SSSR count). The van der Waals surface area contributed by atoms with Gasteiger partial charge in [0.2, 0.25) is 0 Å². The summed E-state index contributed by atoms with van der Waals surface area (Å²) in [6.07, 6.45) is 8.02. The van der Waals surface area contributed by atoms with Crippen LogP contribution in [0.2, 0.25) is 0 Å². The number of fused-ring (bicyclic) bond motifs is 2. The maximum Gasteiger partial charge on any atom is 0.165 e. The molecule has 0 amide bonds. The Bertz CT molecular complexity index is 1230. The highest BCUT2D eigenvalue weighted by atomic mass is 16.6. The molecular weight excluding hydrogens is 476 g/mol. The van der Waals surface area contributed by atoms with Crippen molar-refractivity contribution in [2.45, 2.75) is 82.5 Å². The summed E-state index contributed by atoms with van der Waals surface area (Å²) in [5.74, 6) is 3.53. The van der Waals surface area contributed by atoms with Crippen molar-refractivity contribution < 1.29 is 24.1 Å². The lowest BCUT2D eigenvalue weighted by Gasteiger charge is -2.73. The Morgan fingerprint density at radius 2 is 1.95 bits per heavy atom. The van der Waals surface area contributed by atoms with Crippen molar-refractivity contribution in [1.82, 2.24) is 0 Å². The van der Waals surface area contributed by atoms with E-state index in [2.05, 4.69) is 50.2 Å². The minimum absolute atomic E-state index is 0.00120. The molecule has 2 spiro atoms. The number of aryl methyl sites for hydroxylation is 1. The molecule has 5 heteroatoms. The molecule has 5 nitrogen and oxygen atoms in total. The molecule has 204 valence electrons. The van der Waals surface area contributed by atoms with E-state index < -0.39 is 0 Å². The Hall–Kier alpha value is -2.08. The number of aliphatic hydroxyl groups excluding tert-OH is 1. The fraction of sp³-hybridized carbons (Fsp3) is 0.636. The first-order valence-electron chi connectivity index (χ1n) is 14.7. The molecule has 1 heterocycles. The van der Waals surface area contributed by atoms with Crippen LogP contribution in [0.25, 0.3) is 0 Å². The van der Waals surface area contributed by atoms with Gasteiger partial charge in [0.05, 0.1) is 13.2 Å². The predicted octanol–water partition coefficient (Wildman–Crippen LogP) is 5.76. The van der Waals surface area contributed by atoms with Crippen molar-refractivity contribution in [3.63, 3.8) is 0 Å². The lowest BCUT2D eigenvalue weighted by molar-refractivity contribution is -0.280. The van der Waals surface area contributed by atoms with Crippen molar-refractivity contribution in [3.8, 4) is 11.5 Å². The maximum atomic E-state index is 9.46. The molecule has 0 saturated heterocycles. The van der Waals surface area contributed by atoms with Gasteiger partial charge >= 0.3 is 0 Å². The quantitative estimate of drug-likeness (QED) is 0.428. The summed E-state index contributed by atoms with van der Waals surface area (Å²) in [4.78, 5) is 0. The summed E-state index contributed by atoms with van der Waals surface area (Å²) in [5.41, 5.74) is 5.36. The minimum atomic E-state index is -0.319. The average Bonchev–Trinajstić information content (AvgIpc) is 3.30. The van der Waals surface area contributed by atoms with E-state index in [-0.39, 0.29) is 35.7 Å². The Morgan fingerprint density at radius 1 is 1.08 bits per heavy atom. The molecule has 4 fully saturated rings. The van der Waals surface area contributed by atoms with Gasteiger partial charge in [-0.15, -0.1) is 0 Å². The van der Waals surface area contributed by atoms with Crippen LogP contribution in [0.3, 0.4) is 0 Å². The smallest absolute Gasteiger partial charge is 0.165 e. The van der Waals surface area contributed by atoms with E-state index in [4.69, 9.17) is 18.9 Å². The monoisotopic (exact) mass is 518 g/mol. The van der Waals surface area contributed by atoms with E-state index in [1.54, 1.807) is 0 Å². The Labute approximate surface area is 226 Å². The Morgan fingerprint density at radius 3 is 2.76 bits per heavy atom. The summed E-state index contributed by atoms with van der Waals surface area (Å²) in [6.45, 7) is 6.34. The van der Waals surface area contributed by atoms with Crippen LogP contribution in [-0.2, 0) is 27.9 Å². The summed E-state index contributed by atoms with van der Waals surface area (Å²) >= 11 is 0. The molecular formula is C33H42O5. The zero-order valence-electron chi connectivity index (χ0n) is 23.1. The van der Waals surface area contributed by atoms with Crippen molar-refractivity contribution in [2.24, 2.45) is 23.2 Å². The van der Waals surface area contributed by atoms with Crippen LogP contribution in [0, 0.1) is 30.1 Å². The summed E-state index contributed by atoms with van der Waals surface area (Å²) < 4.78 is 26.1. The third-order valence-corrected chi connectivity index (χ3v) is 11.6. The van der Waals surface area contributed by atoms with Crippen LogP contribution in [0.1, 0.15) is 67.7 Å². The Balaban J connectivity index is 1.25. The van der Waals surface area contributed by atoms with E-state index in [9.17, 15) is 5.11 Å². The zero-order chi connectivity index (χ0) is 26.1. The summed E-state index contributed by atoms with van der Waals surface area (Å²) in [5, 5.41) is 9.46. The molecule has 6 aliphatic rings. The van der Waals surface area contributed by atoms with Gasteiger partial charge in [0.15, 0.2) is 11.5 Å². The normalized spacial score (nSPS) is 37.6. The SMILES string of the molecule is COC12CCC3(CC1CCOCc1ccccc1C)C1Cc4ccc(OCCO)c5c4C3(CCC1C)C2O5. The van der Waals surface area contributed by atoms with Crippen molar-refractivity contribution >= 4 is 0 Å². The van der Waals surface area contributed by atoms with E-state index >= 15 is 0 Å². The number of benzene rings is 2. The number of rotatable bonds is 9. The first-order valence-corrected chi connectivity index (χ1v) is 14.7. The van der Waals surface area contributed by atoms with Crippen LogP contribution in [0.5, 0.6) is 11.5 Å². The average molecular weight is 519 g/mol. The van der Waals surface area contributed by atoms with Gasteiger partial charge in [0, 0.05) is 24.7 Å². The van der Waals surface area contributed by atoms with Crippen LogP contribution >= 0.6 is 0 Å². The van der Waals surface area contributed by atoms with Crippen LogP contribution in [0.15, 0.2) is 36.4 Å². The molecule has 4 saturated carbocycles. The van der Waals surface area contributed by atoms with Gasteiger partial charge in [-0.2, -0.15) is 0 Å². The topological polar surface area (TPSA) is 57.2 Å². The lowest BCUT2D eigenvalue weighted by atomic mass is 9.31. The van der Waals surface area contributed by atoms with E-state index in [0.717, 1.165) is 43.3 Å². The molecule has 4 bridgehead atoms. The van der Waals surface area contributed by atoms with Gasteiger partial charge < -0.3 is 24.1 Å². The largest absolute Gasteiger partial charge is 0.487 e. The van der Waals surface area contributed by atoms with Gasteiger partial charge in [-0.1, -0.05) is 37.3 Å². The molecule has 2 aromatic rings. The third kappa shape index (κ3) is 3.10. The molecule has 0 aromatic heterocycles. The maximum absolute atomic E-state index is 9.46. The van der Waals surface area contributed by atoms with Gasteiger partial charge in [0.25, 0.3) is 0 Å². The van der Waals surface area contributed by atoms with Crippen LogP contribution in [0.4, 0.5) is 0 Å². The highest BCUT2D eigenvalue weighted by Crippen LogP contribution is 2.79. The van der Waals surface area contributed by atoms with Crippen LogP contribution in [-0.4, -0.2) is 43.7 Å². The highest BCUT2D eigenvalue weighted by molar-refractivity contribution is 5.63. The zero-order valence-corrected chi connectivity index (χ0v) is 23.1. The van der Waals surface area contributed by atoms with Crippen molar-refractivity contribution in [3.05, 3.63) is 58.7 Å². The highest BCUT2D eigenvalue weighted by Gasteiger charge is 2.80. The van der Waals surface area contributed by atoms with Gasteiger partial charge in [-0.3, -0.25) is 0 Å². The molecule has 1 aliphatic heterocycles. The second-order valence-corrected chi connectivity index (χ2v) is 12.8. The van der Waals surface area contributed by atoms with Crippen molar-refractivity contribution in [2.75, 3.05) is 26.9 Å². The first-order chi connectivity index (χ1) is 18.5. The molecule has 7 unspecified atom stereocenters. The summed E-state index contributed by atoms with van der Waals surface area (Å²) in [6, 6.07) is 12.9. The first kappa shape index (κ1) is 24.9. The lowest BCUT2D eigenvalue weighted by Crippen LogP contribution is -2.77. The third-order valence-electron chi connectivity index (χ3n) is 11.6. The van der Waals surface area contributed by atoms with Gasteiger partial charge in [-0.05, 0) is 97.8 Å². The number of aliphatic hydroxyl groups is 1. The van der Waals surface area contributed by atoms with E-state index in [1.165, 1.54) is 47.9 Å². The fourth-order valence-electron chi connectivity index (χ4n) is 10.0. The van der Waals surface area contributed by atoms with Gasteiger partial charge in [0.1, 0.15) is 18.3 Å². The molecule has 5 aliphatic carbocycles. The van der Waals surface area contributed by atoms with Crippen molar-refractivity contribution in [1.29, 1.82) is 0 Å². The number of ether oxygens (including phenoxy) is 4. The van der Waals surface area contributed by atoms with Gasteiger partial charge in [-0.25, -0.2) is 0 Å². The van der Waals surface area contributed by atoms with E-state index in [1.807, 2.05) is 7.11 Å². The number of methoxy groups -OCH3 is 1. The number of hydrogen-bond donors (Lipinski definition) is 1. The molecule has 2 aromatic carbocycles. The second kappa shape index (κ2) is 8.97. The van der Waals surface area contributed by atoms with Crippen LogP contribution < -0.4 is 9.47 Å². The minimum Gasteiger partial charge on any atom is -0.487 e. The second-order valence-electron chi connectivity index (χ2n) is 12.8. The number of hydrogen-bond acceptors (Lipinski definition) is 5. The molecule has 7 atom stereocenters. The molecule has 0 radical (unpaired) electrons.